The highest BCUT2D eigenvalue weighted by Crippen LogP contribution is 2.13. The summed E-state index contributed by atoms with van der Waals surface area (Å²) < 4.78 is 22.9. The van der Waals surface area contributed by atoms with Crippen LogP contribution in [0.5, 0.6) is 0 Å². The van der Waals surface area contributed by atoms with Crippen LogP contribution in [0.25, 0.3) is 0 Å². The van der Waals surface area contributed by atoms with Crippen LogP contribution in [0.1, 0.15) is 16.7 Å². The number of sulfone groups is 1. The predicted molar refractivity (Wildman–Crippen MR) is 67.3 cm³/mol. The Morgan fingerprint density at radius 2 is 1.69 bits per heavy atom. The van der Waals surface area contributed by atoms with Crippen molar-refractivity contribution in [2.45, 2.75) is 25.5 Å². The van der Waals surface area contributed by atoms with Crippen LogP contribution in [0.4, 0.5) is 0 Å². The molecular formula is C12H19NO2S. The van der Waals surface area contributed by atoms with E-state index in [4.69, 9.17) is 5.73 Å². The number of nitrogens with two attached hydrogens (primary N) is 1. The van der Waals surface area contributed by atoms with E-state index in [1.165, 1.54) is 6.26 Å². The molecular weight excluding hydrogens is 222 g/mol. The molecule has 0 heterocycles. The van der Waals surface area contributed by atoms with Crippen molar-refractivity contribution in [3.63, 3.8) is 0 Å². The van der Waals surface area contributed by atoms with Gasteiger partial charge in [0.1, 0.15) is 0 Å². The third kappa shape index (κ3) is 3.61. The van der Waals surface area contributed by atoms with E-state index in [1.54, 1.807) is 0 Å². The number of aryl methyl sites for hydroxylation is 2. The van der Waals surface area contributed by atoms with Gasteiger partial charge in [-0.25, -0.2) is 8.42 Å². The lowest BCUT2D eigenvalue weighted by molar-refractivity contribution is 0.584. The summed E-state index contributed by atoms with van der Waals surface area (Å²) in [6.45, 7) is 4.19. The molecule has 0 aliphatic rings. The molecule has 0 aromatic heterocycles. The number of hydrogen-bond acceptors (Lipinski definition) is 3. The molecule has 0 bridgehead atoms. The third-order valence-corrected chi connectivity index (χ3v) is 4.18. The summed E-state index contributed by atoms with van der Waals surface area (Å²) >= 11 is 0. The van der Waals surface area contributed by atoms with E-state index in [2.05, 4.69) is 6.07 Å². The van der Waals surface area contributed by atoms with Crippen molar-refractivity contribution in [1.82, 2.24) is 0 Å². The van der Waals surface area contributed by atoms with Gasteiger partial charge in [-0.2, -0.15) is 0 Å². The van der Waals surface area contributed by atoms with Crippen molar-refractivity contribution >= 4 is 9.84 Å². The monoisotopic (exact) mass is 241 g/mol. The number of rotatable bonds is 4. The third-order valence-electron chi connectivity index (χ3n) is 2.61. The molecule has 0 amide bonds. The quantitative estimate of drug-likeness (QED) is 0.862. The second-order valence-corrected chi connectivity index (χ2v) is 6.71. The van der Waals surface area contributed by atoms with Crippen LogP contribution in [-0.4, -0.2) is 26.5 Å². The Morgan fingerprint density at radius 1 is 1.19 bits per heavy atom. The summed E-state index contributed by atoms with van der Waals surface area (Å²) in [5.41, 5.74) is 8.85. The molecule has 3 nitrogen and oxygen atoms in total. The van der Waals surface area contributed by atoms with Gasteiger partial charge in [0.15, 0.2) is 9.84 Å². The summed E-state index contributed by atoms with van der Waals surface area (Å²) in [6.07, 6.45) is 1.74. The Balaban J connectivity index is 2.95. The highest BCUT2D eigenvalue weighted by Gasteiger charge is 2.19. The lowest BCUT2D eigenvalue weighted by atomic mass is 10.0. The van der Waals surface area contributed by atoms with E-state index < -0.39 is 15.1 Å². The Labute approximate surface area is 97.6 Å². The smallest absolute Gasteiger partial charge is 0.151 e. The summed E-state index contributed by atoms with van der Waals surface area (Å²) in [6, 6.07) is 6.10. The van der Waals surface area contributed by atoms with Gasteiger partial charge in [0.05, 0.1) is 5.25 Å². The summed E-state index contributed by atoms with van der Waals surface area (Å²) in [5, 5.41) is -0.478. The molecule has 1 unspecified atom stereocenters. The highest BCUT2D eigenvalue weighted by molar-refractivity contribution is 7.91. The number of benzene rings is 1. The minimum Gasteiger partial charge on any atom is -0.329 e. The molecule has 1 rings (SSSR count). The average molecular weight is 241 g/mol. The van der Waals surface area contributed by atoms with Crippen molar-refractivity contribution in [2.75, 3.05) is 12.8 Å². The zero-order valence-electron chi connectivity index (χ0n) is 10.0. The lowest BCUT2D eigenvalue weighted by Gasteiger charge is -2.13. The fraction of sp³-hybridized carbons (Fsp3) is 0.500. The van der Waals surface area contributed by atoms with Gasteiger partial charge in [-0.3, -0.25) is 0 Å². The van der Waals surface area contributed by atoms with E-state index >= 15 is 0 Å². The standard InChI is InChI=1S/C12H19NO2S/c1-9-4-10(2)6-11(5-9)7-12(8-13)16(3,14)15/h4-6,12H,7-8,13H2,1-3H3. The molecule has 0 radical (unpaired) electrons. The Hall–Kier alpha value is -0.870. The van der Waals surface area contributed by atoms with Crippen LogP contribution in [0.15, 0.2) is 18.2 Å². The van der Waals surface area contributed by atoms with E-state index in [1.807, 2.05) is 26.0 Å². The van der Waals surface area contributed by atoms with E-state index in [9.17, 15) is 8.42 Å². The molecule has 0 saturated carbocycles. The second kappa shape index (κ2) is 4.97. The minimum atomic E-state index is -3.06. The lowest BCUT2D eigenvalue weighted by Crippen LogP contribution is -2.31. The largest absolute Gasteiger partial charge is 0.329 e. The molecule has 90 valence electrons. The zero-order valence-corrected chi connectivity index (χ0v) is 10.8. The van der Waals surface area contributed by atoms with Crippen LogP contribution < -0.4 is 5.73 Å². The van der Waals surface area contributed by atoms with Crippen molar-refractivity contribution in [2.24, 2.45) is 5.73 Å². The van der Waals surface area contributed by atoms with Gasteiger partial charge < -0.3 is 5.73 Å². The molecule has 4 heteroatoms. The van der Waals surface area contributed by atoms with Crippen molar-refractivity contribution in [3.05, 3.63) is 34.9 Å². The topological polar surface area (TPSA) is 60.2 Å². The first-order valence-electron chi connectivity index (χ1n) is 5.29. The molecule has 0 fully saturated rings. The predicted octanol–water partition coefficient (Wildman–Crippen LogP) is 1.22. The summed E-state index contributed by atoms with van der Waals surface area (Å²) in [7, 11) is -3.06. The van der Waals surface area contributed by atoms with Crippen LogP contribution in [-0.2, 0) is 16.3 Å². The van der Waals surface area contributed by atoms with E-state index in [-0.39, 0.29) is 6.54 Å². The molecule has 0 aliphatic heterocycles. The normalized spacial score (nSPS) is 13.8. The minimum absolute atomic E-state index is 0.172. The van der Waals surface area contributed by atoms with Gasteiger partial charge in [0.25, 0.3) is 0 Å². The van der Waals surface area contributed by atoms with Gasteiger partial charge in [0.2, 0.25) is 0 Å². The van der Waals surface area contributed by atoms with Gasteiger partial charge in [-0.05, 0) is 25.8 Å². The van der Waals surface area contributed by atoms with Gasteiger partial charge in [-0.15, -0.1) is 0 Å². The van der Waals surface area contributed by atoms with Crippen LogP contribution in [0.3, 0.4) is 0 Å². The van der Waals surface area contributed by atoms with E-state index in [0.717, 1.165) is 16.7 Å². The van der Waals surface area contributed by atoms with E-state index in [0.29, 0.717) is 6.42 Å². The molecule has 2 N–H and O–H groups in total. The van der Waals surface area contributed by atoms with Gasteiger partial charge in [-0.1, -0.05) is 29.3 Å². The summed E-state index contributed by atoms with van der Waals surface area (Å²) in [4.78, 5) is 0. The molecule has 1 aromatic rings. The maximum absolute atomic E-state index is 11.5. The number of hydrogen-bond donors (Lipinski definition) is 1. The maximum atomic E-state index is 11.5. The molecule has 1 atom stereocenters. The Morgan fingerprint density at radius 3 is 2.06 bits per heavy atom. The van der Waals surface area contributed by atoms with Crippen LogP contribution in [0, 0.1) is 13.8 Å². The second-order valence-electron chi connectivity index (χ2n) is 4.39. The van der Waals surface area contributed by atoms with Crippen LogP contribution >= 0.6 is 0 Å². The maximum Gasteiger partial charge on any atom is 0.151 e. The fourth-order valence-electron chi connectivity index (χ4n) is 1.86. The molecule has 0 saturated heterocycles. The first kappa shape index (κ1) is 13.2. The zero-order chi connectivity index (χ0) is 12.3. The SMILES string of the molecule is Cc1cc(C)cc(CC(CN)S(C)(=O)=O)c1. The van der Waals surface area contributed by atoms with Gasteiger partial charge >= 0.3 is 0 Å². The van der Waals surface area contributed by atoms with Crippen LogP contribution in [0.2, 0.25) is 0 Å². The Kier molecular flexibility index (Phi) is 4.10. The van der Waals surface area contributed by atoms with Crippen molar-refractivity contribution in [1.29, 1.82) is 0 Å². The fourth-order valence-corrected chi connectivity index (χ4v) is 2.70. The first-order chi connectivity index (χ1) is 7.32. The molecule has 16 heavy (non-hydrogen) atoms. The summed E-state index contributed by atoms with van der Waals surface area (Å²) in [5.74, 6) is 0. The van der Waals surface area contributed by atoms with Gasteiger partial charge in [0, 0.05) is 12.8 Å². The van der Waals surface area contributed by atoms with Crippen molar-refractivity contribution in [3.8, 4) is 0 Å². The first-order valence-corrected chi connectivity index (χ1v) is 7.24. The highest BCUT2D eigenvalue weighted by atomic mass is 32.2. The molecule has 1 aromatic carbocycles. The average Bonchev–Trinajstić information content (AvgIpc) is 2.10. The van der Waals surface area contributed by atoms with Crippen molar-refractivity contribution < 1.29 is 8.42 Å². The Bertz CT molecular complexity index is 446. The molecule has 0 aliphatic carbocycles. The molecule has 0 spiro atoms.